The highest BCUT2D eigenvalue weighted by Crippen LogP contribution is 2.25. The van der Waals surface area contributed by atoms with Crippen LogP contribution in [0.4, 0.5) is 26.1 Å². The number of hydrogen-bond acceptors (Lipinski definition) is 6. The summed E-state index contributed by atoms with van der Waals surface area (Å²) in [7, 11) is 1.42. The Morgan fingerprint density at radius 2 is 1.88 bits per heavy atom. The zero-order chi connectivity index (χ0) is 24.4. The second-order valence-electron chi connectivity index (χ2n) is 7.78. The van der Waals surface area contributed by atoms with Gasteiger partial charge in [-0.15, -0.1) is 0 Å². The minimum absolute atomic E-state index is 0.172. The Bertz CT molecular complexity index is 1410. The molecule has 0 saturated heterocycles. The van der Waals surface area contributed by atoms with E-state index in [1.807, 2.05) is 6.92 Å². The van der Waals surface area contributed by atoms with Crippen LogP contribution in [0.5, 0.6) is 0 Å². The third-order valence-electron chi connectivity index (χ3n) is 5.16. The summed E-state index contributed by atoms with van der Waals surface area (Å²) in [5, 5.41) is 17.8. The van der Waals surface area contributed by atoms with E-state index in [4.69, 9.17) is 4.74 Å². The Hall–Kier alpha value is -4.12. The molecule has 176 valence electrons. The molecule has 11 heteroatoms. The van der Waals surface area contributed by atoms with Crippen LogP contribution in [0.25, 0.3) is 10.8 Å². The standard InChI is InChI=1S/C23H22F2N6O3/c1-12-6-20(29-28-12)27-21-18-5-4-17(26-22(32)13(2)34-3)10-19(18)23(33)31(30-21)11-14-7-15(24)9-16(25)8-14/h4-10,13H,11H2,1-3H3,(H,26,32)(H2,27,28,29,30). The number of nitrogens with one attached hydrogen (secondary N) is 3. The number of anilines is 3. The van der Waals surface area contributed by atoms with Crippen LogP contribution in [-0.2, 0) is 16.1 Å². The summed E-state index contributed by atoms with van der Waals surface area (Å²) in [6.45, 7) is 3.26. The average Bonchev–Trinajstić information content (AvgIpc) is 3.20. The van der Waals surface area contributed by atoms with Gasteiger partial charge in [-0.3, -0.25) is 14.7 Å². The van der Waals surface area contributed by atoms with Crippen molar-refractivity contribution in [2.75, 3.05) is 17.7 Å². The van der Waals surface area contributed by atoms with Crippen LogP contribution in [-0.4, -0.2) is 39.1 Å². The number of H-pyrrole nitrogens is 1. The number of ether oxygens (including phenoxy) is 1. The highest BCUT2D eigenvalue weighted by atomic mass is 19.1. The van der Waals surface area contributed by atoms with Crippen molar-refractivity contribution in [1.29, 1.82) is 0 Å². The molecule has 0 radical (unpaired) electrons. The number of aromatic nitrogens is 4. The first kappa shape index (κ1) is 23.1. The molecule has 0 bridgehead atoms. The summed E-state index contributed by atoms with van der Waals surface area (Å²) >= 11 is 0. The number of nitrogens with zero attached hydrogens (tertiary/aromatic N) is 3. The zero-order valence-electron chi connectivity index (χ0n) is 18.6. The summed E-state index contributed by atoms with van der Waals surface area (Å²) < 4.78 is 33.5. The third kappa shape index (κ3) is 4.94. The van der Waals surface area contributed by atoms with Crippen LogP contribution < -0.4 is 16.2 Å². The monoisotopic (exact) mass is 468 g/mol. The fraction of sp³-hybridized carbons (Fsp3) is 0.217. The van der Waals surface area contributed by atoms with E-state index < -0.39 is 23.3 Å². The van der Waals surface area contributed by atoms with Crippen molar-refractivity contribution in [2.24, 2.45) is 0 Å². The van der Waals surface area contributed by atoms with E-state index in [0.717, 1.165) is 28.6 Å². The van der Waals surface area contributed by atoms with Crippen LogP contribution in [0.3, 0.4) is 0 Å². The van der Waals surface area contributed by atoms with E-state index in [2.05, 4.69) is 25.9 Å². The summed E-state index contributed by atoms with van der Waals surface area (Å²) in [5.74, 6) is -1.12. The SMILES string of the molecule is COC(C)C(=O)Nc1ccc2c(Nc3cc(C)[nH]n3)nn(Cc3cc(F)cc(F)c3)c(=O)c2c1. The smallest absolute Gasteiger partial charge is 0.275 e. The molecule has 4 aromatic rings. The number of halogens is 2. The lowest BCUT2D eigenvalue weighted by Gasteiger charge is -2.14. The molecule has 2 aromatic heterocycles. The molecule has 0 aliphatic heterocycles. The van der Waals surface area contributed by atoms with Crippen molar-refractivity contribution in [3.8, 4) is 0 Å². The lowest BCUT2D eigenvalue weighted by Crippen LogP contribution is -2.27. The molecule has 2 aromatic carbocycles. The van der Waals surface area contributed by atoms with Gasteiger partial charge >= 0.3 is 0 Å². The predicted octanol–water partition coefficient (Wildman–Crippen LogP) is 3.47. The van der Waals surface area contributed by atoms with Crippen molar-refractivity contribution in [3.63, 3.8) is 0 Å². The fourth-order valence-electron chi connectivity index (χ4n) is 3.39. The third-order valence-corrected chi connectivity index (χ3v) is 5.16. The number of methoxy groups -OCH3 is 1. The molecule has 1 unspecified atom stereocenters. The van der Waals surface area contributed by atoms with Gasteiger partial charge in [0.15, 0.2) is 11.6 Å². The minimum Gasteiger partial charge on any atom is -0.372 e. The molecule has 1 atom stereocenters. The number of carbonyl (C=O) groups is 1. The summed E-state index contributed by atoms with van der Waals surface area (Å²) in [6, 6.07) is 9.57. The van der Waals surface area contributed by atoms with Gasteiger partial charge in [0, 0.05) is 36.0 Å². The first-order valence-electron chi connectivity index (χ1n) is 10.4. The number of fused-ring (bicyclic) bond motifs is 1. The Morgan fingerprint density at radius 1 is 1.15 bits per heavy atom. The molecule has 0 aliphatic carbocycles. The van der Waals surface area contributed by atoms with E-state index in [0.29, 0.717) is 22.7 Å². The molecule has 2 heterocycles. The first-order chi connectivity index (χ1) is 16.2. The Balaban J connectivity index is 1.81. The van der Waals surface area contributed by atoms with Crippen molar-refractivity contribution in [3.05, 3.63) is 75.7 Å². The normalized spacial score (nSPS) is 12.0. The minimum atomic E-state index is -0.758. The molecule has 0 fully saturated rings. The van der Waals surface area contributed by atoms with Crippen LogP contribution >= 0.6 is 0 Å². The van der Waals surface area contributed by atoms with Crippen LogP contribution in [0.15, 0.2) is 47.3 Å². The van der Waals surface area contributed by atoms with Gasteiger partial charge in [0.2, 0.25) is 0 Å². The number of amides is 1. The molecule has 3 N–H and O–H groups in total. The summed E-state index contributed by atoms with van der Waals surface area (Å²) in [5.41, 5.74) is 0.924. The van der Waals surface area contributed by atoms with Gasteiger partial charge < -0.3 is 15.4 Å². The van der Waals surface area contributed by atoms with E-state index in [9.17, 15) is 18.4 Å². The van der Waals surface area contributed by atoms with Crippen molar-refractivity contribution < 1.29 is 18.3 Å². The lowest BCUT2D eigenvalue weighted by molar-refractivity contribution is -0.124. The molecule has 0 aliphatic rings. The Morgan fingerprint density at radius 3 is 2.53 bits per heavy atom. The maximum absolute atomic E-state index is 13.7. The molecular weight excluding hydrogens is 446 g/mol. The molecule has 4 rings (SSSR count). The van der Waals surface area contributed by atoms with Gasteiger partial charge in [-0.2, -0.15) is 10.2 Å². The van der Waals surface area contributed by atoms with E-state index in [-0.39, 0.29) is 23.4 Å². The number of aromatic amines is 1. The number of aryl methyl sites for hydroxylation is 1. The van der Waals surface area contributed by atoms with Crippen molar-refractivity contribution in [1.82, 2.24) is 20.0 Å². The molecule has 0 saturated carbocycles. The van der Waals surface area contributed by atoms with E-state index in [1.165, 1.54) is 13.2 Å². The number of hydrogen-bond donors (Lipinski definition) is 3. The van der Waals surface area contributed by atoms with E-state index >= 15 is 0 Å². The molecule has 0 spiro atoms. The van der Waals surface area contributed by atoms with Gasteiger partial charge in [-0.25, -0.2) is 13.5 Å². The van der Waals surface area contributed by atoms with E-state index in [1.54, 1.807) is 25.1 Å². The second-order valence-corrected chi connectivity index (χ2v) is 7.78. The van der Waals surface area contributed by atoms with Crippen LogP contribution in [0.1, 0.15) is 18.2 Å². The van der Waals surface area contributed by atoms with Crippen LogP contribution in [0.2, 0.25) is 0 Å². The lowest BCUT2D eigenvalue weighted by atomic mass is 10.1. The quantitative estimate of drug-likeness (QED) is 0.383. The second kappa shape index (κ2) is 9.40. The van der Waals surface area contributed by atoms with Gasteiger partial charge in [-0.1, -0.05) is 0 Å². The molecule has 34 heavy (non-hydrogen) atoms. The predicted molar refractivity (Wildman–Crippen MR) is 123 cm³/mol. The number of rotatable bonds is 7. The van der Waals surface area contributed by atoms with Gasteiger partial charge in [-0.05, 0) is 49.7 Å². The van der Waals surface area contributed by atoms with Crippen molar-refractivity contribution >= 4 is 34.0 Å². The molecular formula is C23H22F2N6O3. The molecule has 9 nitrogen and oxygen atoms in total. The average molecular weight is 468 g/mol. The Labute approximate surface area is 192 Å². The largest absolute Gasteiger partial charge is 0.372 e. The maximum Gasteiger partial charge on any atom is 0.275 e. The topological polar surface area (TPSA) is 114 Å². The first-order valence-corrected chi connectivity index (χ1v) is 10.4. The summed E-state index contributed by atoms with van der Waals surface area (Å²) in [4.78, 5) is 25.5. The summed E-state index contributed by atoms with van der Waals surface area (Å²) in [6.07, 6.45) is -0.687. The number of carbonyl (C=O) groups excluding carboxylic acids is 1. The van der Waals surface area contributed by atoms with Gasteiger partial charge in [0.05, 0.1) is 11.9 Å². The van der Waals surface area contributed by atoms with Gasteiger partial charge in [0.25, 0.3) is 11.5 Å². The maximum atomic E-state index is 13.7. The van der Waals surface area contributed by atoms with Gasteiger partial charge in [0.1, 0.15) is 17.7 Å². The highest BCUT2D eigenvalue weighted by Gasteiger charge is 2.16. The van der Waals surface area contributed by atoms with Crippen molar-refractivity contribution in [2.45, 2.75) is 26.5 Å². The number of benzene rings is 2. The fourth-order valence-corrected chi connectivity index (χ4v) is 3.39. The Kier molecular flexibility index (Phi) is 6.37. The zero-order valence-corrected chi connectivity index (χ0v) is 18.6. The highest BCUT2D eigenvalue weighted by molar-refractivity contribution is 5.99. The van der Waals surface area contributed by atoms with Crippen LogP contribution in [0, 0.1) is 18.6 Å². The molecule has 1 amide bonds.